The number of rotatable bonds is 6. The van der Waals surface area contributed by atoms with E-state index in [2.05, 4.69) is 15.5 Å². The van der Waals surface area contributed by atoms with Crippen molar-refractivity contribution < 1.29 is 30.8 Å². The van der Waals surface area contributed by atoms with Crippen molar-refractivity contribution >= 4 is 31.8 Å². The van der Waals surface area contributed by atoms with E-state index in [4.69, 9.17) is 9.15 Å². The molecule has 2 aromatic rings. The minimum Gasteiger partial charge on any atom is -0.407 e. The summed E-state index contributed by atoms with van der Waals surface area (Å²) in [6, 6.07) is 5.13. The van der Waals surface area contributed by atoms with Gasteiger partial charge in [0, 0.05) is 24.9 Å². The third-order valence-electron chi connectivity index (χ3n) is 3.80. The smallest absolute Gasteiger partial charge is 0.322 e. The van der Waals surface area contributed by atoms with Crippen molar-refractivity contribution in [1.29, 1.82) is 0 Å². The van der Waals surface area contributed by atoms with Gasteiger partial charge >= 0.3 is 6.01 Å². The van der Waals surface area contributed by atoms with Gasteiger partial charge in [-0.05, 0) is 24.3 Å². The van der Waals surface area contributed by atoms with Crippen LogP contribution in [0.5, 0.6) is 0 Å². The van der Waals surface area contributed by atoms with Gasteiger partial charge in [-0.2, -0.15) is 4.31 Å². The highest BCUT2D eigenvalue weighted by molar-refractivity contribution is 7.89. The number of sulfonamides is 1. The average molecular weight is 430 g/mol. The average Bonchev–Trinajstić information content (AvgIpc) is 3.07. The number of aromatic nitrogens is 2. The Morgan fingerprint density at radius 3 is 2.36 bits per heavy atom. The van der Waals surface area contributed by atoms with Gasteiger partial charge in [-0.1, -0.05) is 5.10 Å². The first-order valence-electron chi connectivity index (χ1n) is 8.14. The maximum atomic E-state index is 12.6. The molecule has 1 aliphatic rings. The maximum Gasteiger partial charge on any atom is 0.322 e. The lowest BCUT2D eigenvalue weighted by molar-refractivity contribution is 0.0730. The molecule has 1 aliphatic heterocycles. The van der Waals surface area contributed by atoms with Crippen molar-refractivity contribution in [2.75, 3.05) is 37.9 Å². The topological polar surface area (TPSA) is 149 Å². The Labute approximate surface area is 161 Å². The molecule has 0 radical (unpaired) electrons. The number of carbonyl (C=O) groups is 1. The lowest BCUT2D eigenvalue weighted by atomic mass is 10.2. The standard InChI is InChI=1S/C15H18N4O7S2/c1-27(21,22)10-13-17-18-15(26-13)16-14(20)11-2-4-12(5-3-11)28(23,24)19-6-8-25-9-7-19/h2-5H,6-10H2,1H3,(H,16,18,20). The molecule has 152 valence electrons. The summed E-state index contributed by atoms with van der Waals surface area (Å²) in [7, 11) is -7.00. The van der Waals surface area contributed by atoms with Crippen LogP contribution in [-0.2, 0) is 30.4 Å². The Bertz CT molecular complexity index is 1060. The molecule has 0 unspecified atom stereocenters. The van der Waals surface area contributed by atoms with Crippen LogP contribution >= 0.6 is 0 Å². The molecule has 0 saturated carbocycles. The van der Waals surface area contributed by atoms with E-state index in [1.165, 1.54) is 28.6 Å². The van der Waals surface area contributed by atoms with Crippen LogP contribution in [0.15, 0.2) is 33.6 Å². The van der Waals surface area contributed by atoms with Crippen molar-refractivity contribution in [1.82, 2.24) is 14.5 Å². The Balaban J connectivity index is 1.68. The van der Waals surface area contributed by atoms with Crippen LogP contribution in [0.25, 0.3) is 0 Å². The first-order valence-corrected chi connectivity index (χ1v) is 11.6. The summed E-state index contributed by atoms with van der Waals surface area (Å²) in [5.41, 5.74) is 0.170. The highest BCUT2D eigenvalue weighted by Crippen LogP contribution is 2.18. The monoisotopic (exact) mass is 430 g/mol. The van der Waals surface area contributed by atoms with E-state index >= 15 is 0 Å². The molecule has 1 saturated heterocycles. The molecule has 0 aliphatic carbocycles. The number of nitrogens with one attached hydrogen (secondary N) is 1. The van der Waals surface area contributed by atoms with Gasteiger partial charge in [-0.3, -0.25) is 10.1 Å². The lowest BCUT2D eigenvalue weighted by Gasteiger charge is -2.26. The van der Waals surface area contributed by atoms with Crippen molar-refractivity contribution in [3.05, 3.63) is 35.7 Å². The van der Waals surface area contributed by atoms with Crippen LogP contribution in [0, 0.1) is 0 Å². The molecule has 0 atom stereocenters. The van der Waals surface area contributed by atoms with Gasteiger partial charge in [0.2, 0.25) is 15.9 Å². The highest BCUT2D eigenvalue weighted by atomic mass is 32.2. The molecule has 11 nitrogen and oxygen atoms in total. The SMILES string of the molecule is CS(=O)(=O)Cc1nnc(NC(=O)c2ccc(S(=O)(=O)N3CCOCC3)cc2)o1. The molecule has 13 heteroatoms. The van der Waals surface area contributed by atoms with E-state index in [0.29, 0.717) is 13.2 Å². The number of benzene rings is 1. The van der Waals surface area contributed by atoms with Gasteiger partial charge < -0.3 is 9.15 Å². The number of ether oxygens (including phenoxy) is 1. The molecule has 1 aromatic carbocycles. The highest BCUT2D eigenvalue weighted by Gasteiger charge is 2.26. The second kappa shape index (κ2) is 7.95. The van der Waals surface area contributed by atoms with Crippen LogP contribution in [0.2, 0.25) is 0 Å². The largest absolute Gasteiger partial charge is 0.407 e. The van der Waals surface area contributed by atoms with Gasteiger partial charge in [0.05, 0.1) is 18.1 Å². The quantitative estimate of drug-likeness (QED) is 0.662. The first-order chi connectivity index (χ1) is 13.1. The number of hydrogen-bond donors (Lipinski definition) is 1. The van der Waals surface area contributed by atoms with Gasteiger partial charge in [-0.25, -0.2) is 16.8 Å². The van der Waals surface area contributed by atoms with Crippen LogP contribution < -0.4 is 5.32 Å². The number of nitrogens with zero attached hydrogens (tertiary/aromatic N) is 3. The Morgan fingerprint density at radius 1 is 1.11 bits per heavy atom. The molecule has 28 heavy (non-hydrogen) atoms. The summed E-state index contributed by atoms with van der Waals surface area (Å²) in [4.78, 5) is 12.3. The minimum absolute atomic E-state index is 0.0687. The number of hydrogen-bond acceptors (Lipinski definition) is 9. The van der Waals surface area contributed by atoms with Crippen molar-refractivity contribution in [2.45, 2.75) is 10.6 Å². The molecule has 0 spiro atoms. The van der Waals surface area contributed by atoms with E-state index in [1.807, 2.05) is 0 Å². The number of anilines is 1. The van der Waals surface area contributed by atoms with E-state index in [0.717, 1.165) is 6.26 Å². The third kappa shape index (κ3) is 4.92. The molecule has 2 heterocycles. The Kier molecular flexibility index (Phi) is 5.79. The van der Waals surface area contributed by atoms with Crippen molar-refractivity contribution in [3.8, 4) is 0 Å². The summed E-state index contributed by atoms with van der Waals surface area (Å²) in [6.07, 6.45) is 1.02. The molecule has 1 amide bonds. The number of sulfone groups is 1. The lowest BCUT2D eigenvalue weighted by Crippen LogP contribution is -2.40. The van der Waals surface area contributed by atoms with Crippen LogP contribution in [0.4, 0.5) is 6.01 Å². The molecular weight excluding hydrogens is 412 g/mol. The Hall–Kier alpha value is -2.35. The van der Waals surface area contributed by atoms with E-state index in [1.54, 1.807) is 0 Å². The normalized spacial score (nSPS) is 16.0. The summed E-state index contributed by atoms with van der Waals surface area (Å²) >= 11 is 0. The fourth-order valence-corrected chi connectivity index (χ4v) is 4.44. The molecule has 1 aromatic heterocycles. The summed E-state index contributed by atoms with van der Waals surface area (Å²) in [5.74, 6) is -1.20. The fourth-order valence-electron chi connectivity index (χ4n) is 2.47. The van der Waals surface area contributed by atoms with E-state index in [-0.39, 0.29) is 35.5 Å². The van der Waals surface area contributed by atoms with Crippen LogP contribution in [-0.4, -0.2) is 69.8 Å². The molecule has 0 bridgehead atoms. The summed E-state index contributed by atoms with van der Waals surface area (Å²) in [5, 5.41) is 9.43. The minimum atomic E-state index is -3.65. The second-order valence-electron chi connectivity index (χ2n) is 6.07. The van der Waals surface area contributed by atoms with E-state index in [9.17, 15) is 21.6 Å². The predicted molar refractivity (Wildman–Crippen MR) is 96.8 cm³/mol. The number of carbonyl (C=O) groups excluding carboxylic acids is 1. The maximum absolute atomic E-state index is 12.6. The van der Waals surface area contributed by atoms with Gasteiger partial charge in [0.15, 0.2) is 9.84 Å². The molecular formula is C15H18N4O7S2. The zero-order valence-corrected chi connectivity index (χ0v) is 16.5. The third-order valence-corrected chi connectivity index (χ3v) is 6.48. The summed E-state index contributed by atoms with van der Waals surface area (Å²) < 4.78 is 59.1. The number of amides is 1. The zero-order chi connectivity index (χ0) is 20.4. The first kappa shape index (κ1) is 20.4. The number of morpholine rings is 1. The Morgan fingerprint density at radius 2 is 1.75 bits per heavy atom. The van der Waals surface area contributed by atoms with Crippen LogP contribution in [0.1, 0.15) is 16.2 Å². The van der Waals surface area contributed by atoms with Gasteiger partial charge in [-0.15, -0.1) is 5.10 Å². The molecule has 3 rings (SSSR count). The van der Waals surface area contributed by atoms with Crippen molar-refractivity contribution in [2.24, 2.45) is 0 Å². The van der Waals surface area contributed by atoms with E-state index < -0.39 is 31.5 Å². The molecule has 1 fully saturated rings. The zero-order valence-electron chi connectivity index (χ0n) is 14.9. The van der Waals surface area contributed by atoms with Crippen molar-refractivity contribution in [3.63, 3.8) is 0 Å². The summed E-state index contributed by atoms with van der Waals surface area (Å²) in [6.45, 7) is 1.23. The van der Waals surface area contributed by atoms with Gasteiger partial charge in [0.1, 0.15) is 5.75 Å². The van der Waals surface area contributed by atoms with Gasteiger partial charge in [0.25, 0.3) is 5.91 Å². The second-order valence-corrected chi connectivity index (χ2v) is 10.1. The fraction of sp³-hybridized carbons (Fsp3) is 0.400. The molecule has 1 N–H and O–H groups in total. The predicted octanol–water partition coefficient (Wildman–Crippen LogP) is -0.113. The van der Waals surface area contributed by atoms with Crippen LogP contribution in [0.3, 0.4) is 0 Å².